The van der Waals surface area contributed by atoms with Crippen molar-refractivity contribution in [2.24, 2.45) is 0 Å². The van der Waals surface area contributed by atoms with Gasteiger partial charge in [-0.15, -0.1) is 0 Å². The van der Waals surface area contributed by atoms with Gasteiger partial charge in [0.25, 0.3) is 0 Å². The van der Waals surface area contributed by atoms with Crippen molar-refractivity contribution >= 4 is 15.4 Å². The lowest BCUT2D eigenvalue weighted by molar-refractivity contribution is 0.602. The summed E-state index contributed by atoms with van der Waals surface area (Å²) in [5.41, 5.74) is 3.85. The average Bonchev–Trinajstić information content (AvgIpc) is 2.76. The fourth-order valence-corrected chi connectivity index (χ4v) is 2.81. The molecule has 6 heteroatoms. The van der Waals surface area contributed by atoms with Gasteiger partial charge in [0.15, 0.2) is 9.84 Å². The van der Waals surface area contributed by atoms with Crippen molar-refractivity contribution in [3.8, 4) is 11.3 Å². The number of rotatable bonds is 2. The smallest absolute Gasteiger partial charge is 0.175 e. The van der Waals surface area contributed by atoms with E-state index in [0.29, 0.717) is 4.90 Å². The molecule has 0 aliphatic carbocycles. The number of aryl methyl sites for hydroxylation is 1. The Morgan fingerprint density at radius 2 is 1.85 bits per heavy atom. The van der Waals surface area contributed by atoms with Crippen LogP contribution in [0.15, 0.2) is 47.8 Å². The highest BCUT2D eigenvalue weighted by molar-refractivity contribution is 7.90. The Morgan fingerprint density at radius 1 is 1.15 bits per heavy atom. The molecule has 0 fully saturated rings. The molecule has 2 aromatic heterocycles. The van der Waals surface area contributed by atoms with Gasteiger partial charge in [-0.2, -0.15) is 5.10 Å². The van der Waals surface area contributed by atoms with Crippen LogP contribution < -0.4 is 0 Å². The molecular weight excluding hydrogens is 274 g/mol. The normalized spacial score (nSPS) is 11.9. The van der Waals surface area contributed by atoms with E-state index in [1.54, 1.807) is 35.0 Å². The van der Waals surface area contributed by atoms with Crippen molar-refractivity contribution in [3.63, 3.8) is 0 Å². The molecule has 0 N–H and O–H groups in total. The molecule has 0 saturated heterocycles. The van der Waals surface area contributed by atoms with Crippen molar-refractivity contribution in [2.45, 2.75) is 11.8 Å². The third kappa shape index (κ3) is 2.08. The lowest BCUT2D eigenvalue weighted by atomic mass is 10.1. The molecule has 0 bridgehead atoms. The standard InChI is InChI=1S/C14H13N3O2S/c1-10-7-13(17-14(10)8-15-9-16-17)11-3-5-12(6-4-11)20(2,18)19/h3-9H,1-2H3. The van der Waals surface area contributed by atoms with Crippen LogP contribution in [-0.2, 0) is 9.84 Å². The van der Waals surface area contributed by atoms with Crippen LogP contribution in [0.25, 0.3) is 16.8 Å². The first-order valence-corrected chi connectivity index (χ1v) is 7.95. The van der Waals surface area contributed by atoms with Crippen LogP contribution in [0.5, 0.6) is 0 Å². The number of hydrogen-bond donors (Lipinski definition) is 0. The van der Waals surface area contributed by atoms with Gasteiger partial charge in [-0.3, -0.25) is 0 Å². The van der Waals surface area contributed by atoms with Crippen LogP contribution in [0.3, 0.4) is 0 Å². The average molecular weight is 287 g/mol. The minimum Gasteiger partial charge on any atom is -0.241 e. The van der Waals surface area contributed by atoms with Gasteiger partial charge in [0.05, 0.1) is 22.3 Å². The first-order chi connectivity index (χ1) is 9.47. The van der Waals surface area contributed by atoms with Gasteiger partial charge in [-0.1, -0.05) is 12.1 Å². The first-order valence-electron chi connectivity index (χ1n) is 6.05. The molecule has 3 aromatic rings. The van der Waals surface area contributed by atoms with E-state index in [4.69, 9.17) is 0 Å². The van der Waals surface area contributed by atoms with Crippen LogP contribution in [0, 0.1) is 6.92 Å². The highest BCUT2D eigenvalue weighted by Crippen LogP contribution is 2.25. The fourth-order valence-electron chi connectivity index (χ4n) is 2.18. The van der Waals surface area contributed by atoms with E-state index in [9.17, 15) is 8.42 Å². The minimum atomic E-state index is -3.17. The van der Waals surface area contributed by atoms with Crippen LogP contribution in [0.1, 0.15) is 5.56 Å². The predicted octanol–water partition coefficient (Wildman–Crippen LogP) is 2.11. The number of sulfone groups is 1. The molecule has 1 aromatic carbocycles. The van der Waals surface area contributed by atoms with Gasteiger partial charge in [0.1, 0.15) is 6.33 Å². The maximum atomic E-state index is 11.5. The molecule has 0 radical (unpaired) electrons. The monoisotopic (exact) mass is 287 g/mol. The number of nitrogens with zero attached hydrogens (tertiary/aromatic N) is 3. The summed E-state index contributed by atoms with van der Waals surface area (Å²) < 4.78 is 24.7. The van der Waals surface area contributed by atoms with Crippen LogP contribution in [0.4, 0.5) is 0 Å². The number of fused-ring (bicyclic) bond motifs is 1. The molecule has 102 valence electrons. The summed E-state index contributed by atoms with van der Waals surface area (Å²) in [6.45, 7) is 1.99. The molecule has 2 heterocycles. The maximum absolute atomic E-state index is 11.5. The number of benzene rings is 1. The van der Waals surface area contributed by atoms with E-state index in [2.05, 4.69) is 10.1 Å². The van der Waals surface area contributed by atoms with E-state index in [1.807, 2.05) is 13.0 Å². The van der Waals surface area contributed by atoms with Crippen molar-refractivity contribution in [1.29, 1.82) is 0 Å². The van der Waals surface area contributed by atoms with Crippen LogP contribution >= 0.6 is 0 Å². The second-order valence-electron chi connectivity index (χ2n) is 4.72. The van der Waals surface area contributed by atoms with E-state index in [-0.39, 0.29) is 0 Å². The third-order valence-corrected chi connectivity index (χ3v) is 4.35. The Hall–Kier alpha value is -2.21. The topological polar surface area (TPSA) is 64.3 Å². The third-order valence-electron chi connectivity index (χ3n) is 3.22. The van der Waals surface area contributed by atoms with E-state index >= 15 is 0 Å². The zero-order valence-electron chi connectivity index (χ0n) is 11.1. The highest BCUT2D eigenvalue weighted by Gasteiger charge is 2.11. The van der Waals surface area contributed by atoms with Crippen LogP contribution in [-0.4, -0.2) is 29.3 Å². The fraction of sp³-hybridized carbons (Fsp3) is 0.143. The lowest BCUT2D eigenvalue weighted by Crippen LogP contribution is -1.97. The summed E-state index contributed by atoms with van der Waals surface area (Å²) in [7, 11) is -3.17. The summed E-state index contributed by atoms with van der Waals surface area (Å²) in [6, 6.07) is 8.82. The Morgan fingerprint density at radius 3 is 2.50 bits per heavy atom. The Kier molecular flexibility index (Phi) is 2.83. The van der Waals surface area contributed by atoms with Crippen molar-refractivity contribution in [2.75, 3.05) is 6.26 Å². The van der Waals surface area contributed by atoms with Crippen molar-refractivity contribution in [3.05, 3.63) is 48.4 Å². The van der Waals surface area contributed by atoms with E-state index in [1.165, 1.54) is 12.6 Å². The zero-order valence-corrected chi connectivity index (χ0v) is 11.9. The van der Waals surface area contributed by atoms with Gasteiger partial charge < -0.3 is 0 Å². The summed E-state index contributed by atoms with van der Waals surface area (Å²) in [6.07, 6.45) is 4.45. The molecule has 0 aliphatic heterocycles. The molecule has 0 spiro atoms. The Bertz CT molecular complexity index is 880. The largest absolute Gasteiger partial charge is 0.241 e. The summed E-state index contributed by atoms with van der Waals surface area (Å²) in [5, 5.41) is 4.24. The summed E-state index contributed by atoms with van der Waals surface area (Å²) >= 11 is 0. The summed E-state index contributed by atoms with van der Waals surface area (Å²) in [5.74, 6) is 0. The van der Waals surface area contributed by atoms with Gasteiger partial charge in [-0.25, -0.2) is 17.9 Å². The van der Waals surface area contributed by atoms with Crippen molar-refractivity contribution < 1.29 is 8.42 Å². The summed E-state index contributed by atoms with van der Waals surface area (Å²) in [4.78, 5) is 4.33. The molecule has 0 saturated carbocycles. The second kappa shape index (κ2) is 4.42. The van der Waals surface area contributed by atoms with Gasteiger partial charge in [-0.05, 0) is 30.7 Å². The molecule has 0 aliphatic rings. The van der Waals surface area contributed by atoms with E-state index < -0.39 is 9.84 Å². The number of hydrogen-bond acceptors (Lipinski definition) is 4. The predicted molar refractivity (Wildman–Crippen MR) is 76.3 cm³/mol. The zero-order chi connectivity index (χ0) is 14.3. The minimum absolute atomic E-state index is 0.313. The molecule has 20 heavy (non-hydrogen) atoms. The lowest BCUT2D eigenvalue weighted by Gasteiger charge is -2.03. The van der Waals surface area contributed by atoms with Gasteiger partial charge in [0, 0.05) is 11.8 Å². The van der Waals surface area contributed by atoms with Gasteiger partial charge >= 0.3 is 0 Å². The molecular formula is C14H13N3O2S. The molecule has 0 atom stereocenters. The SMILES string of the molecule is Cc1cc(-c2ccc(S(C)(=O)=O)cc2)n2ncncc12. The molecule has 0 amide bonds. The first kappa shape index (κ1) is 12.8. The van der Waals surface area contributed by atoms with Gasteiger partial charge in [0.2, 0.25) is 0 Å². The second-order valence-corrected chi connectivity index (χ2v) is 6.73. The van der Waals surface area contributed by atoms with Crippen molar-refractivity contribution in [1.82, 2.24) is 14.6 Å². The highest BCUT2D eigenvalue weighted by atomic mass is 32.2. The molecule has 0 unspecified atom stereocenters. The van der Waals surface area contributed by atoms with Crippen LogP contribution in [0.2, 0.25) is 0 Å². The van der Waals surface area contributed by atoms with E-state index in [0.717, 1.165) is 22.3 Å². The Labute approximate surface area is 116 Å². The molecule has 5 nitrogen and oxygen atoms in total. The Balaban J connectivity index is 2.17. The maximum Gasteiger partial charge on any atom is 0.175 e. The number of aromatic nitrogens is 3. The quantitative estimate of drug-likeness (QED) is 0.724. The molecule has 3 rings (SSSR count).